The summed E-state index contributed by atoms with van der Waals surface area (Å²) >= 11 is 0. The molecule has 2 aromatic carbocycles. The molecule has 0 saturated carbocycles. The molecule has 0 aliphatic carbocycles. The molecular weight excluding hydrogens is 438 g/mol. The topological polar surface area (TPSA) is 64.4 Å². The number of hydrogen-bond acceptors (Lipinski definition) is 4. The van der Waals surface area contributed by atoms with E-state index >= 15 is 0 Å². The molecule has 1 aromatic heterocycles. The van der Waals surface area contributed by atoms with E-state index in [-0.39, 0.29) is 23.4 Å². The van der Waals surface area contributed by atoms with Gasteiger partial charge in [0.25, 0.3) is 5.56 Å². The van der Waals surface area contributed by atoms with Crippen molar-refractivity contribution >= 4 is 16.8 Å². The van der Waals surface area contributed by atoms with E-state index < -0.39 is 0 Å². The van der Waals surface area contributed by atoms with E-state index in [1.165, 1.54) is 0 Å². The van der Waals surface area contributed by atoms with Crippen molar-refractivity contribution in [3.8, 4) is 11.4 Å². The highest BCUT2D eigenvalue weighted by molar-refractivity contribution is 5.79. The van der Waals surface area contributed by atoms with Crippen LogP contribution in [-0.4, -0.2) is 33.5 Å². The first kappa shape index (κ1) is 26.5. The molecule has 35 heavy (non-hydrogen) atoms. The Balaban J connectivity index is 2.11. The number of fused-ring (bicyclic) bond motifs is 1. The minimum Gasteiger partial charge on any atom is -0.494 e. The Morgan fingerprint density at radius 3 is 2.37 bits per heavy atom. The molecule has 0 radical (unpaired) electrons. The highest BCUT2D eigenvalue weighted by atomic mass is 16.5. The van der Waals surface area contributed by atoms with E-state index in [4.69, 9.17) is 9.72 Å². The molecule has 0 fully saturated rings. The molecule has 0 aliphatic heterocycles. The third-order valence-corrected chi connectivity index (χ3v) is 6.20. The molecule has 0 saturated heterocycles. The SMILES string of the molecule is CCCCCCN(C(=O)CC(C)C)C(C)c1nc2ccccc2c(=O)n1-c1ccc(OCC)cc1. The lowest BCUT2D eigenvalue weighted by Gasteiger charge is -2.31. The summed E-state index contributed by atoms with van der Waals surface area (Å²) in [7, 11) is 0. The summed E-state index contributed by atoms with van der Waals surface area (Å²) in [5.41, 5.74) is 1.22. The van der Waals surface area contributed by atoms with Crippen LogP contribution in [0.2, 0.25) is 0 Å². The van der Waals surface area contributed by atoms with Crippen molar-refractivity contribution in [3.63, 3.8) is 0 Å². The Morgan fingerprint density at radius 2 is 1.71 bits per heavy atom. The Morgan fingerprint density at radius 1 is 1.00 bits per heavy atom. The molecule has 188 valence electrons. The third-order valence-electron chi connectivity index (χ3n) is 6.20. The Labute approximate surface area is 208 Å². The lowest BCUT2D eigenvalue weighted by atomic mass is 10.1. The maximum atomic E-state index is 13.7. The van der Waals surface area contributed by atoms with Gasteiger partial charge in [-0.3, -0.25) is 14.2 Å². The Bertz CT molecular complexity index is 1170. The standard InChI is InChI=1S/C29H39N3O3/c1-6-8-9-12-19-31(27(33)20-21(3)4)22(5)28-30-26-14-11-10-13-25(26)29(34)32(28)23-15-17-24(18-16-23)35-7-2/h10-11,13-18,21-22H,6-9,12,19-20H2,1-5H3. The normalized spacial score (nSPS) is 12.2. The van der Waals surface area contributed by atoms with E-state index in [0.717, 1.165) is 31.4 Å². The van der Waals surface area contributed by atoms with Crippen molar-refractivity contribution in [1.29, 1.82) is 0 Å². The summed E-state index contributed by atoms with van der Waals surface area (Å²) < 4.78 is 7.25. The summed E-state index contributed by atoms with van der Waals surface area (Å²) in [6.45, 7) is 11.4. The van der Waals surface area contributed by atoms with Crippen molar-refractivity contribution in [2.45, 2.75) is 72.8 Å². The van der Waals surface area contributed by atoms with Crippen LogP contribution in [0.15, 0.2) is 53.3 Å². The monoisotopic (exact) mass is 477 g/mol. The largest absolute Gasteiger partial charge is 0.494 e. The zero-order valence-electron chi connectivity index (χ0n) is 21.8. The lowest BCUT2D eigenvalue weighted by Crippen LogP contribution is -2.38. The molecule has 6 nitrogen and oxygen atoms in total. The molecular formula is C29H39N3O3. The summed E-state index contributed by atoms with van der Waals surface area (Å²) in [5, 5.41) is 0.556. The molecule has 0 bridgehead atoms. The molecule has 6 heteroatoms. The molecule has 1 atom stereocenters. The Kier molecular flexibility index (Phi) is 9.47. The second kappa shape index (κ2) is 12.5. The summed E-state index contributed by atoms with van der Waals surface area (Å²) in [4.78, 5) is 33.9. The fourth-order valence-corrected chi connectivity index (χ4v) is 4.39. The number of para-hydroxylation sites is 1. The number of hydrogen-bond donors (Lipinski definition) is 0. The molecule has 1 heterocycles. The van der Waals surface area contributed by atoms with Gasteiger partial charge < -0.3 is 9.64 Å². The number of rotatable bonds is 12. The first-order valence-corrected chi connectivity index (χ1v) is 12.9. The van der Waals surface area contributed by atoms with Crippen LogP contribution in [0.5, 0.6) is 5.75 Å². The van der Waals surface area contributed by atoms with Crippen molar-refractivity contribution in [3.05, 3.63) is 64.7 Å². The Hall–Kier alpha value is -3.15. The third kappa shape index (κ3) is 6.50. The van der Waals surface area contributed by atoms with Crippen LogP contribution in [0.1, 0.15) is 78.6 Å². The minimum atomic E-state index is -0.355. The highest BCUT2D eigenvalue weighted by Gasteiger charge is 2.27. The van der Waals surface area contributed by atoms with Gasteiger partial charge in [-0.1, -0.05) is 52.2 Å². The second-order valence-corrected chi connectivity index (χ2v) is 9.48. The quantitative estimate of drug-likeness (QED) is 0.287. The zero-order valence-corrected chi connectivity index (χ0v) is 21.8. The predicted octanol–water partition coefficient (Wildman–Crippen LogP) is 6.30. The summed E-state index contributed by atoms with van der Waals surface area (Å²) in [5.74, 6) is 1.68. The molecule has 3 rings (SSSR count). The van der Waals surface area contributed by atoms with Gasteiger partial charge in [-0.25, -0.2) is 4.98 Å². The van der Waals surface area contributed by atoms with E-state index in [1.54, 1.807) is 10.6 Å². The van der Waals surface area contributed by atoms with Gasteiger partial charge in [-0.15, -0.1) is 0 Å². The van der Waals surface area contributed by atoms with Crippen molar-refractivity contribution in [2.24, 2.45) is 5.92 Å². The number of amides is 1. The van der Waals surface area contributed by atoms with Crippen LogP contribution in [0.3, 0.4) is 0 Å². The van der Waals surface area contributed by atoms with Gasteiger partial charge in [0.15, 0.2) is 0 Å². The fourth-order valence-electron chi connectivity index (χ4n) is 4.39. The highest BCUT2D eigenvalue weighted by Crippen LogP contribution is 2.26. The molecule has 0 spiro atoms. The lowest BCUT2D eigenvalue weighted by molar-refractivity contribution is -0.134. The van der Waals surface area contributed by atoms with Crippen molar-refractivity contribution in [2.75, 3.05) is 13.2 Å². The molecule has 0 aliphatic rings. The molecule has 0 N–H and O–H groups in total. The number of unbranched alkanes of at least 4 members (excludes halogenated alkanes) is 3. The molecule has 1 amide bonds. The van der Waals surface area contributed by atoms with Crippen LogP contribution in [0.4, 0.5) is 0 Å². The smallest absolute Gasteiger partial charge is 0.266 e. The van der Waals surface area contributed by atoms with Gasteiger partial charge in [0, 0.05) is 13.0 Å². The molecule has 1 unspecified atom stereocenters. The summed E-state index contributed by atoms with van der Waals surface area (Å²) in [6.07, 6.45) is 4.76. The average molecular weight is 478 g/mol. The number of carbonyl (C=O) groups is 1. The van der Waals surface area contributed by atoms with Gasteiger partial charge in [-0.05, 0) is 62.6 Å². The number of carbonyl (C=O) groups excluding carboxylic acids is 1. The van der Waals surface area contributed by atoms with E-state index in [2.05, 4.69) is 20.8 Å². The fraction of sp³-hybridized carbons (Fsp3) is 0.483. The number of benzene rings is 2. The minimum absolute atomic E-state index is 0.102. The van der Waals surface area contributed by atoms with E-state index in [1.807, 2.05) is 61.2 Å². The van der Waals surface area contributed by atoms with Crippen LogP contribution in [0, 0.1) is 5.92 Å². The van der Waals surface area contributed by atoms with Gasteiger partial charge in [0.1, 0.15) is 11.6 Å². The first-order chi connectivity index (χ1) is 16.9. The van der Waals surface area contributed by atoms with Gasteiger partial charge in [0.05, 0.1) is 29.2 Å². The van der Waals surface area contributed by atoms with Gasteiger partial charge >= 0.3 is 0 Å². The maximum Gasteiger partial charge on any atom is 0.266 e. The summed E-state index contributed by atoms with van der Waals surface area (Å²) in [6, 6.07) is 14.5. The maximum absolute atomic E-state index is 13.7. The van der Waals surface area contributed by atoms with Crippen molar-refractivity contribution in [1.82, 2.24) is 14.5 Å². The number of aromatic nitrogens is 2. The molecule has 3 aromatic rings. The van der Waals surface area contributed by atoms with Gasteiger partial charge in [-0.2, -0.15) is 0 Å². The number of ether oxygens (including phenoxy) is 1. The number of nitrogens with zero attached hydrogens (tertiary/aromatic N) is 3. The first-order valence-electron chi connectivity index (χ1n) is 12.9. The van der Waals surface area contributed by atoms with Crippen LogP contribution in [-0.2, 0) is 4.79 Å². The second-order valence-electron chi connectivity index (χ2n) is 9.48. The van der Waals surface area contributed by atoms with Crippen LogP contribution in [0.25, 0.3) is 16.6 Å². The zero-order chi connectivity index (χ0) is 25.4. The van der Waals surface area contributed by atoms with E-state index in [9.17, 15) is 9.59 Å². The predicted molar refractivity (Wildman–Crippen MR) is 142 cm³/mol. The van der Waals surface area contributed by atoms with E-state index in [0.29, 0.717) is 42.0 Å². The average Bonchev–Trinajstić information content (AvgIpc) is 2.84. The van der Waals surface area contributed by atoms with Crippen LogP contribution < -0.4 is 10.3 Å². The van der Waals surface area contributed by atoms with Crippen LogP contribution >= 0.6 is 0 Å². The van der Waals surface area contributed by atoms with Crippen molar-refractivity contribution < 1.29 is 9.53 Å². The van der Waals surface area contributed by atoms with Gasteiger partial charge in [0.2, 0.25) is 5.91 Å².